The highest BCUT2D eigenvalue weighted by Crippen LogP contribution is 2.29. The van der Waals surface area contributed by atoms with Crippen molar-refractivity contribution in [3.05, 3.63) is 65.2 Å². The van der Waals surface area contributed by atoms with Gasteiger partial charge in [-0.2, -0.15) is 0 Å². The predicted molar refractivity (Wildman–Crippen MR) is 115 cm³/mol. The van der Waals surface area contributed by atoms with Gasteiger partial charge in [0.2, 0.25) is 0 Å². The number of hydrogen-bond donors (Lipinski definition) is 1. The van der Waals surface area contributed by atoms with Crippen LogP contribution in [0.1, 0.15) is 48.2 Å². The van der Waals surface area contributed by atoms with Gasteiger partial charge in [0, 0.05) is 25.5 Å². The first-order valence-corrected chi connectivity index (χ1v) is 9.70. The van der Waals surface area contributed by atoms with Crippen LogP contribution in [0.4, 0.5) is 5.69 Å². The summed E-state index contributed by atoms with van der Waals surface area (Å²) in [7, 11) is 3.30. The molecule has 0 bridgehead atoms. The van der Waals surface area contributed by atoms with Crippen molar-refractivity contribution >= 4 is 17.6 Å². The van der Waals surface area contributed by atoms with E-state index in [-0.39, 0.29) is 5.91 Å². The van der Waals surface area contributed by atoms with Crippen molar-refractivity contribution in [1.82, 2.24) is 0 Å². The minimum atomic E-state index is -0.854. The molecule has 0 fully saturated rings. The molecule has 1 unspecified atom stereocenters. The smallest absolute Gasteiger partial charge is 0.310 e. The number of carboxylic acids is 1. The number of rotatable bonds is 6. The Kier molecular flexibility index (Phi) is 10.7. The van der Waals surface area contributed by atoms with Gasteiger partial charge in [0.25, 0.3) is 5.91 Å². The molecule has 158 valence electrons. The van der Waals surface area contributed by atoms with Crippen molar-refractivity contribution in [3.63, 3.8) is 0 Å². The third-order valence-corrected chi connectivity index (χ3v) is 4.39. The average molecular weight is 402 g/mol. The number of methoxy groups -OCH3 is 2. The van der Waals surface area contributed by atoms with Gasteiger partial charge in [0.05, 0.1) is 25.7 Å². The van der Waals surface area contributed by atoms with Crippen LogP contribution in [0.15, 0.2) is 48.5 Å². The third-order valence-electron chi connectivity index (χ3n) is 4.39. The lowest BCUT2D eigenvalue weighted by Gasteiger charge is -2.16. The first-order chi connectivity index (χ1) is 14.0. The van der Waals surface area contributed by atoms with Crippen LogP contribution in [-0.2, 0) is 20.8 Å². The largest absolute Gasteiger partial charge is 0.481 e. The first kappa shape index (κ1) is 24.3. The Morgan fingerprint density at radius 3 is 2.07 bits per heavy atom. The van der Waals surface area contributed by atoms with E-state index in [0.29, 0.717) is 19.8 Å². The van der Waals surface area contributed by atoms with Crippen molar-refractivity contribution < 1.29 is 24.2 Å². The van der Waals surface area contributed by atoms with E-state index in [1.165, 1.54) is 0 Å². The lowest BCUT2D eigenvalue weighted by Crippen LogP contribution is -2.23. The van der Waals surface area contributed by atoms with E-state index in [1.54, 1.807) is 50.3 Å². The number of amides is 1. The van der Waals surface area contributed by atoms with Crippen LogP contribution in [0.5, 0.6) is 0 Å². The fourth-order valence-electron chi connectivity index (χ4n) is 2.72. The molecule has 3 rings (SSSR count). The molecule has 6 nitrogen and oxygen atoms in total. The third kappa shape index (κ3) is 6.69. The highest BCUT2D eigenvalue weighted by Gasteiger charge is 2.28. The van der Waals surface area contributed by atoms with Gasteiger partial charge in [-0.15, -0.1) is 0 Å². The molecule has 1 amide bonds. The molecule has 0 radical (unpaired) electrons. The summed E-state index contributed by atoms with van der Waals surface area (Å²) >= 11 is 0. The van der Waals surface area contributed by atoms with E-state index in [9.17, 15) is 9.59 Å². The van der Waals surface area contributed by atoms with E-state index in [2.05, 4.69) is 9.47 Å². The SMILES string of the molecule is CC.CC(C(=O)O)c1ccc(N2Cc3ccccc3C2=O)cc1.COCCOC. The zero-order chi connectivity index (χ0) is 21.8. The van der Waals surface area contributed by atoms with Crippen molar-refractivity contribution in [2.75, 3.05) is 32.3 Å². The van der Waals surface area contributed by atoms with Crippen LogP contribution in [0.2, 0.25) is 0 Å². The van der Waals surface area contributed by atoms with Gasteiger partial charge in [-0.3, -0.25) is 9.59 Å². The van der Waals surface area contributed by atoms with Crippen LogP contribution in [-0.4, -0.2) is 44.4 Å². The highest BCUT2D eigenvalue weighted by molar-refractivity contribution is 6.09. The second-order valence-corrected chi connectivity index (χ2v) is 6.19. The topological polar surface area (TPSA) is 76.1 Å². The number of anilines is 1. The summed E-state index contributed by atoms with van der Waals surface area (Å²) in [6.07, 6.45) is 0. The molecule has 0 saturated heterocycles. The molecule has 0 spiro atoms. The number of carbonyl (C=O) groups excluding carboxylic acids is 1. The number of aliphatic carboxylic acids is 1. The van der Waals surface area contributed by atoms with E-state index < -0.39 is 11.9 Å². The fraction of sp³-hybridized carbons (Fsp3) is 0.391. The average Bonchev–Trinajstić information content (AvgIpc) is 3.10. The first-order valence-electron chi connectivity index (χ1n) is 9.70. The minimum Gasteiger partial charge on any atom is -0.481 e. The molecule has 2 aromatic carbocycles. The summed E-state index contributed by atoms with van der Waals surface area (Å²) in [6, 6.07) is 14.7. The van der Waals surface area contributed by atoms with Crippen molar-refractivity contribution in [2.24, 2.45) is 0 Å². The molecule has 1 aliphatic heterocycles. The summed E-state index contributed by atoms with van der Waals surface area (Å²) in [5, 5.41) is 9.01. The Bertz CT molecular complexity index is 769. The zero-order valence-corrected chi connectivity index (χ0v) is 17.8. The zero-order valence-electron chi connectivity index (χ0n) is 17.8. The molecule has 0 saturated carbocycles. The van der Waals surface area contributed by atoms with Gasteiger partial charge in [-0.1, -0.05) is 44.2 Å². The minimum absolute atomic E-state index is 0.00960. The number of carboxylic acid groups (broad SMARTS) is 1. The molecular formula is C23H31NO5. The molecule has 0 aromatic heterocycles. The Morgan fingerprint density at radius 1 is 1.03 bits per heavy atom. The van der Waals surface area contributed by atoms with Gasteiger partial charge >= 0.3 is 5.97 Å². The molecule has 1 N–H and O–H groups in total. The molecule has 0 aliphatic carbocycles. The van der Waals surface area contributed by atoms with Crippen molar-refractivity contribution in [1.29, 1.82) is 0 Å². The Morgan fingerprint density at radius 2 is 1.59 bits per heavy atom. The van der Waals surface area contributed by atoms with Crippen LogP contribution in [0.3, 0.4) is 0 Å². The van der Waals surface area contributed by atoms with Gasteiger partial charge in [0.15, 0.2) is 0 Å². The summed E-state index contributed by atoms with van der Waals surface area (Å²) in [5.74, 6) is -1.41. The van der Waals surface area contributed by atoms with E-state index >= 15 is 0 Å². The quantitative estimate of drug-likeness (QED) is 0.729. The second kappa shape index (κ2) is 12.7. The Balaban J connectivity index is 0.000000454. The number of nitrogens with zero attached hydrogens (tertiary/aromatic N) is 1. The molecule has 29 heavy (non-hydrogen) atoms. The molecular weight excluding hydrogens is 370 g/mol. The summed E-state index contributed by atoms with van der Waals surface area (Å²) in [5.41, 5.74) is 3.28. The number of hydrogen-bond acceptors (Lipinski definition) is 4. The van der Waals surface area contributed by atoms with Gasteiger partial charge < -0.3 is 19.5 Å². The predicted octanol–water partition coefficient (Wildman–Crippen LogP) is 4.34. The van der Waals surface area contributed by atoms with Gasteiger partial charge in [0.1, 0.15) is 0 Å². The lowest BCUT2D eigenvalue weighted by molar-refractivity contribution is -0.138. The van der Waals surface area contributed by atoms with E-state index in [1.807, 2.05) is 38.1 Å². The maximum Gasteiger partial charge on any atom is 0.310 e. The van der Waals surface area contributed by atoms with Crippen LogP contribution >= 0.6 is 0 Å². The summed E-state index contributed by atoms with van der Waals surface area (Å²) in [4.78, 5) is 25.0. The van der Waals surface area contributed by atoms with Crippen molar-refractivity contribution in [2.45, 2.75) is 33.2 Å². The fourth-order valence-corrected chi connectivity index (χ4v) is 2.72. The number of carbonyl (C=O) groups is 2. The lowest BCUT2D eigenvalue weighted by atomic mass is 10.0. The van der Waals surface area contributed by atoms with Gasteiger partial charge in [-0.25, -0.2) is 0 Å². The highest BCUT2D eigenvalue weighted by atomic mass is 16.5. The van der Waals surface area contributed by atoms with Crippen LogP contribution < -0.4 is 4.90 Å². The monoisotopic (exact) mass is 401 g/mol. The van der Waals surface area contributed by atoms with Crippen LogP contribution in [0, 0.1) is 0 Å². The van der Waals surface area contributed by atoms with Crippen LogP contribution in [0.25, 0.3) is 0 Å². The maximum atomic E-state index is 12.4. The standard InChI is InChI=1S/C17H15NO3.C4H10O2.C2H6/c1-11(17(20)21)12-6-8-14(9-7-12)18-10-13-4-2-3-5-15(13)16(18)19;1-5-3-4-6-2;1-2/h2-9,11H,10H2,1H3,(H,20,21);3-4H2,1-2H3;1-2H3. The molecule has 6 heteroatoms. The number of ether oxygens (including phenoxy) is 2. The number of benzene rings is 2. The molecule has 1 atom stereocenters. The second-order valence-electron chi connectivity index (χ2n) is 6.19. The maximum absolute atomic E-state index is 12.4. The van der Waals surface area contributed by atoms with E-state index in [0.717, 1.165) is 22.4 Å². The van der Waals surface area contributed by atoms with E-state index in [4.69, 9.17) is 5.11 Å². The normalized spacial score (nSPS) is 12.9. The van der Waals surface area contributed by atoms with Gasteiger partial charge in [-0.05, 0) is 36.2 Å². The number of fused-ring (bicyclic) bond motifs is 1. The Hall–Kier alpha value is -2.70. The molecule has 2 aromatic rings. The molecule has 1 heterocycles. The summed E-state index contributed by atoms with van der Waals surface area (Å²) in [6.45, 7) is 7.59. The Labute approximate surface area is 173 Å². The molecule has 1 aliphatic rings. The summed E-state index contributed by atoms with van der Waals surface area (Å²) < 4.78 is 9.31. The van der Waals surface area contributed by atoms with Crippen molar-refractivity contribution in [3.8, 4) is 0 Å².